The Kier molecular flexibility index (Phi) is 8.57. The quantitative estimate of drug-likeness (QED) is 0.489. The van der Waals surface area contributed by atoms with E-state index in [1.54, 1.807) is 6.92 Å². The Hall–Kier alpha value is -0.830. The van der Waals surface area contributed by atoms with E-state index in [1.165, 1.54) is 32.1 Å². The lowest BCUT2D eigenvalue weighted by atomic mass is 10.1. The Labute approximate surface area is 111 Å². The van der Waals surface area contributed by atoms with Crippen LogP contribution in [0.15, 0.2) is 12.2 Å². The first kappa shape index (κ1) is 15.2. The summed E-state index contributed by atoms with van der Waals surface area (Å²) in [6.07, 6.45) is 13.4. The van der Waals surface area contributed by atoms with Crippen LogP contribution in [-0.4, -0.2) is 25.3 Å². The van der Waals surface area contributed by atoms with Crippen molar-refractivity contribution < 1.29 is 14.3 Å². The van der Waals surface area contributed by atoms with Crippen LogP contribution >= 0.6 is 0 Å². The maximum absolute atomic E-state index is 11.5. The van der Waals surface area contributed by atoms with E-state index in [1.807, 2.05) is 6.08 Å². The van der Waals surface area contributed by atoms with E-state index in [2.05, 4.69) is 6.08 Å². The lowest BCUT2D eigenvalue weighted by Gasteiger charge is -2.11. The second-order valence-corrected chi connectivity index (χ2v) is 4.88. The summed E-state index contributed by atoms with van der Waals surface area (Å²) in [4.78, 5) is 11.5. The highest BCUT2D eigenvalue weighted by atomic mass is 16.6. The van der Waals surface area contributed by atoms with Gasteiger partial charge in [-0.3, -0.25) is 0 Å². The molecule has 1 heterocycles. The number of cyclic esters (lactones) is 1. The Morgan fingerprint density at radius 1 is 1.00 bits per heavy atom. The average Bonchev–Trinajstić information content (AvgIpc) is 2.37. The maximum Gasteiger partial charge on any atom is 0.334 e. The van der Waals surface area contributed by atoms with Gasteiger partial charge in [-0.25, -0.2) is 4.79 Å². The maximum atomic E-state index is 11.5. The first-order valence-electron chi connectivity index (χ1n) is 7.24. The highest BCUT2D eigenvalue weighted by Crippen LogP contribution is 2.09. The van der Waals surface area contributed by atoms with Gasteiger partial charge in [0.05, 0.1) is 13.2 Å². The SMILES string of the molecule is C[C@@H]1OCC=CCCCCCCCCCOC1=O. The summed E-state index contributed by atoms with van der Waals surface area (Å²) in [5.41, 5.74) is 0. The van der Waals surface area contributed by atoms with Crippen molar-refractivity contribution in [1.29, 1.82) is 0 Å². The molecule has 0 aromatic heterocycles. The lowest BCUT2D eigenvalue weighted by Crippen LogP contribution is -2.23. The summed E-state index contributed by atoms with van der Waals surface area (Å²) >= 11 is 0. The zero-order valence-electron chi connectivity index (χ0n) is 11.5. The lowest BCUT2D eigenvalue weighted by molar-refractivity contribution is -0.155. The monoisotopic (exact) mass is 254 g/mol. The molecule has 1 aliphatic rings. The molecule has 0 bridgehead atoms. The van der Waals surface area contributed by atoms with Crippen LogP contribution < -0.4 is 0 Å². The normalized spacial score (nSPS) is 25.6. The van der Waals surface area contributed by atoms with E-state index in [-0.39, 0.29) is 5.97 Å². The van der Waals surface area contributed by atoms with Crippen LogP contribution in [0, 0.1) is 0 Å². The summed E-state index contributed by atoms with van der Waals surface area (Å²) < 4.78 is 10.6. The molecule has 0 spiro atoms. The number of allylic oxidation sites excluding steroid dienone is 1. The van der Waals surface area contributed by atoms with E-state index in [4.69, 9.17) is 9.47 Å². The molecule has 0 amide bonds. The number of hydrogen-bond acceptors (Lipinski definition) is 3. The molecule has 0 fully saturated rings. The Morgan fingerprint density at radius 2 is 1.67 bits per heavy atom. The molecule has 0 unspecified atom stereocenters. The number of ether oxygens (including phenoxy) is 2. The van der Waals surface area contributed by atoms with Gasteiger partial charge in [0.2, 0.25) is 0 Å². The molecule has 0 saturated carbocycles. The summed E-state index contributed by atoms with van der Waals surface area (Å²) in [5.74, 6) is -0.240. The third-order valence-corrected chi connectivity index (χ3v) is 3.20. The second-order valence-electron chi connectivity index (χ2n) is 4.88. The number of esters is 1. The second kappa shape index (κ2) is 10.1. The van der Waals surface area contributed by atoms with Crippen LogP contribution in [0.25, 0.3) is 0 Å². The van der Waals surface area contributed by atoms with Crippen molar-refractivity contribution >= 4 is 5.97 Å². The van der Waals surface area contributed by atoms with Gasteiger partial charge in [-0.05, 0) is 26.2 Å². The first-order valence-corrected chi connectivity index (χ1v) is 7.24. The minimum Gasteiger partial charge on any atom is -0.464 e. The largest absolute Gasteiger partial charge is 0.464 e. The fourth-order valence-electron chi connectivity index (χ4n) is 1.99. The van der Waals surface area contributed by atoms with Crippen LogP contribution in [0.1, 0.15) is 58.3 Å². The zero-order chi connectivity index (χ0) is 13.1. The third kappa shape index (κ3) is 7.49. The van der Waals surface area contributed by atoms with Gasteiger partial charge < -0.3 is 9.47 Å². The Morgan fingerprint density at radius 3 is 2.44 bits per heavy atom. The molecular weight excluding hydrogens is 228 g/mol. The highest BCUT2D eigenvalue weighted by molar-refractivity contribution is 5.74. The molecular formula is C15H26O3. The van der Waals surface area contributed by atoms with Gasteiger partial charge in [0, 0.05) is 0 Å². The molecule has 0 saturated heterocycles. The van der Waals surface area contributed by atoms with Gasteiger partial charge in [-0.15, -0.1) is 0 Å². The van der Waals surface area contributed by atoms with Crippen LogP contribution in [0.5, 0.6) is 0 Å². The van der Waals surface area contributed by atoms with Crippen molar-refractivity contribution in [3.8, 4) is 0 Å². The van der Waals surface area contributed by atoms with E-state index >= 15 is 0 Å². The van der Waals surface area contributed by atoms with Crippen LogP contribution in [0.4, 0.5) is 0 Å². The molecule has 104 valence electrons. The van der Waals surface area contributed by atoms with Gasteiger partial charge in [0.1, 0.15) is 0 Å². The van der Waals surface area contributed by atoms with Crippen LogP contribution in [0.2, 0.25) is 0 Å². The molecule has 18 heavy (non-hydrogen) atoms. The van der Waals surface area contributed by atoms with Crippen LogP contribution in [-0.2, 0) is 14.3 Å². The fraction of sp³-hybridized carbons (Fsp3) is 0.800. The number of carbonyl (C=O) groups is 1. The van der Waals surface area contributed by atoms with Gasteiger partial charge in [-0.2, -0.15) is 0 Å². The molecule has 0 radical (unpaired) electrons. The van der Waals surface area contributed by atoms with Gasteiger partial charge >= 0.3 is 5.97 Å². The third-order valence-electron chi connectivity index (χ3n) is 3.20. The predicted molar refractivity (Wildman–Crippen MR) is 72.4 cm³/mol. The van der Waals surface area contributed by atoms with E-state index < -0.39 is 6.10 Å². The molecule has 0 aliphatic carbocycles. The molecule has 3 heteroatoms. The van der Waals surface area contributed by atoms with E-state index in [0.29, 0.717) is 13.2 Å². The molecule has 1 rings (SSSR count). The van der Waals surface area contributed by atoms with Crippen molar-refractivity contribution in [3.05, 3.63) is 12.2 Å². The van der Waals surface area contributed by atoms with Crippen molar-refractivity contribution in [2.45, 2.75) is 64.4 Å². The fourth-order valence-corrected chi connectivity index (χ4v) is 1.99. The predicted octanol–water partition coefficient (Wildman–Crippen LogP) is 3.63. The van der Waals surface area contributed by atoms with Crippen molar-refractivity contribution in [1.82, 2.24) is 0 Å². The zero-order valence-corrected chi connectivity index (χ0v) is 11.5. The van der Waals surface area contributed by atoms with Crippen molar-refractivity contribution in [2.24, 2.45) is 0 Å². The Bertz CT molecular complexity index is 248. The van der Waals surface area contributed by atoms with Gasteiger partial charge in [-0.1, -0.05) is 44.3 Å². The summed E-state index contributed by atoms with van der Waals surface area (Å²) in [6.45, 7) is 2.78. The molecule has 1 aliphatic heterocycles. The molecule has 0 N–H and O–H groups in total. The minimum absolute atomic E-state index is 0.240. The Balaban J connectivity index is 2.29. The van der Waals surface area contributed by atoms with Crippen molar-refractivity contribution in [3.63, 3.8) is 0 Å². The van der Waals surface area contributed by atoms with E-state index in [9.17, 15) is 4.79 Å². The standard InChI is InChI=1S/C15H26O3/c1-14-15(16)18-13-11-9-7-5-3-2-4-6-8-10-12-17-14/h8,10,14H,2-7,9,11-13H2,1H3/t14-/m0/s1. The minimum atomic E-state index is -0.456. The average molecular weight is 254 g/mol. The molecule has 3 nitrogen and oxygen atoms in total. The molecule has 0 aromatic carbocycles. The van der Waals surface area contributed by atoms with Crippen LogP contribution in [0.3, 0.4) is 0 Å². The van der Waals surface area contributed by atoms with Gasteiger partial charge in [0.25, 0.3) is 0 Å². The smallest absolute Gasteiger partial charge is 0.334 e. The van der Waals surface area contributed by atoms with Gasteiger partial charge in [0.15, 0.2) is 6.10 Å². The summed E-state index contributed by atoms with van der Waals surface area (Å²) in [5, 5.41) is 0. The molecule has 1 atom stereocenters. The summed E-state index contributed by atoms with van der Waals surface area (Å²) in [7, 11) is 0. The molecule has 0 aromatic rings. The van der Waals surface area contributed by atoms with Crippen molar-refractivity contribution in [2.75, 3.05) is 13.2 Å². The number of rotatable bonds is 0. The van der Waals surface area contributed by atoms with E-state index in [0.717, 1.165) is 19.3 Å². The first-order chi connectivity index (χ1) is 8.80. The number of carbonyl (C=O) groups excluding carboxylic acids is 1. The number of hydrogen-bond donors (Lipinski definition) is 0. The summed E-state index contributed by atoms with van der Waals surface area (Å²) in [6, 6.07) is 0. The topological polar surface area (TPSA) is 35.5 Å². The highest BCUT2D eigenvalue weighted by Gasteiger charge is 2.13.